The number of halogens is 1. The van der Waals surface area contributed by atoms with E-state index in [0.717, 1.165) is 16.7 Å². The second-order valence-electron chi connectivity index (χ2n) is 4.29. The summed E-state index contributed by atoms with van der Waals surface area (Å²) in [5.41, 5.74) is 6.41. The zero-order chi connectivity index (χ0) is 13.1. The Balaban J connectivity index is 2.53. The second kappa shape index (κ2) is 5.25. The maximum Gasteiger partial charge on any atom is 0.146 e. The van der Waals surface area contributed by atoms with Gasteiger partial charge in [-0.15, -0.1) is 0 Å². The predicted molar refractivity (Wildman–Crippen MR) is 69.3 cm³/mol. The van der Waals surface area contributed by atoms with Gasteiger partial charge in [-0.25, -0.2) is 9.82 Å². The van der Waals surface area contributed by atoms with Gasteiger partial charge in [-0.3, -0.25) is 10.8 Å². The zero-order valence-corrected chi connectivity index (χ0v) is 10.4. The quantitative estimate of drug-likeness (QED) is 0.645. The van der Waals surface area contributed by atoms with E-state index in [1.807, 2.05) is 32.0 Å². The number of rotatable bonds is 3. The van der Waals surface area contributed by atoms with Crippen molar-refractivity contribution in [3.63, 3.8) is 0 Å². The van der Waals surface area contributed by atoms with Crippen molar-refractivity contribution in [2.75, 3.05) is 0 Å². The Bertz CT molecular complexity index is 554. The van der Waals surface area contributed by atoms with E-state index < -0.39 is 0 Å². The van der Waals surface area contributed by atoms with Gasteiger partial charge in [0.15, 0.2) is 0 Å². The van der Waals surface area contributed by atoms with Crippen molar-refractivity contribution in [3.8, 4) is 0 Å². The number of pyridine rings is 1. The first-order chi connectivity index (χ1) is 8.65. The highest BCUT2D eigenvalue weighted by Gasteiger charge is 2.18. The SMILES string of the molecule is Cc1cccc(C(NN)c2ccncc2F)c1C. The molecule has 4 heteroatoms. The number of nitrogens with one attached hydrogen (secondary N) is 1. The summed E-state index contributed by atoms with van der Waals surface area (Å²) in [5.74, 6) is 5.23. The maximum atomic E-state index is 13.8. The zero-order valence-electron chi connectivity index (χ0n) is 10.4. The van der Waals surface area contributed by atoms with Crippen LogP contribution in [0.25, 0.3) is 0 Å². The summed E-state index contributed by atoms with van der Waals surface area (Å²) < 4.78 is 13.8. The van der Waals surface area contributed by atoms with Crippen molar-refractivity contribution in [1.82, 2.24) is 10.4 Å². The van der Waals surface area contributed by atoms with Crippen molar-refractivity contribution < 1.29 is 4.39 Å². The molecule has 0 aliphatic rings. The number of hydrogen-bond donors (Lipinski definition) is 2. The molecule has 2 rings (SSSR count). The fraction of sp³-hybridized carbons (Fsp3) is 0.214. The van der Waals surface area contributed by atoms with Crippen LogP contribution < -0.4 is 11.3 Å². The molecule has 0 saturated heterocycles. The van der Waals surface area contributed by atoms with Gasteiger partial charge in [-0.2, -0.15) is 0 Å². The second-order valence-corrected chi connectivity index (χ2v) is 4.29. The number of aryl methyl sites for hydroxylation is 1. The number of nitrogens with zero attached hydrogens (tertiary/aromatic N) is 1. The number of aromatic nitrogens is 1. The molecule has 3 nitrogen and oxygen atoms in total. The van der Waals surface area contributed by atoms with Crippen LogP contribution >= 0.6 is 0 Å². The Kier molecular flexibility index (Phi) is 3.69. The molecule has 0 aliphatic heterocycles. The van der Waals surface area contributed by atoms with Crippen molar-refractivity contribution in [3.05, 3.63) is 64.7 Å². The van der Waals surface area contributed by atoms with Crippen molar-refractivity contribution in [2.24, 2.45) is 5.84 Å². The van der Waals surface area contributed by atoms with E-state index in [9.17, 15) is 4.39 Å². The molecule has 0 fully saturated rings. The summed E-state index contributed by atoms with van der Waals surface area (Å²) >= 11 is 0. The van der Waals surface area contributed by atoms with Crippen molar-refractivity contribution in [1.29, 1.82) is 0 Å². The molecule has 0 saturated carbocycles. The number of hydrazine groups is 1. The van der Waals surface area contributed by atoms with E-state index in [-0.39, 0.29) is 11.9 Å². The van der Waals surface area contributed by atoms with Crippen LogP contribution in [0.15, 0.2) is 36.7 Å². The average molecular weight is 245 g/mol. The van der Waals surface area contributed by atoms with Crippen molar-refractivity contribution >= 4 is 0 Å². The van der Waals surface area contributed by atoms with Crippen LogP contribution in [0.3, 0.4) is 0 Å². The molecule has 18 heavy (non-hydrogen) atoms. The van der Waals surface area contributed by atoms with Gasteiger partial charge in [-0.05, 0) is 36.6 Å². The molecule has 0 spiro atoms. The normalized spacial score (nSPS) is 12.4. The molecule has 0 aliphatic carbocycles. The largest absolute Gasteiger partial charge is 0.271 e. The first kappa shape index (κ1) is 12.7. The van der Waals surface area contributed by atoms with Gasteiger partial charge in [-0.1, -0.05) is 18.2 Å². The van der Waals surface area contributed by atoms with E-state index in [1.54, 1.807) is 12.3 Å². The van der Waals surface area contributed by atoms with E-state index in [2.05, 4.69) is 10.4 Å². The Morgan fingerprint density at radius 1 is 1.22 bits per heavy atom. The Labute approximate surface area is 106 Å². The third kappa shape index (κ3) is 2.25. The van der Waals surface area contributed by atoms with Crippen LogP contribution in [0.4, 0.5) is 4.39 Å². The fourth-order valence-corrected chi connectivity index (χ4v) is 2.05. The highest BCUT2D eigenvalue weighted by atomic mass is 19.1. The first-order valence-corrected chi connectivity index (χ1v) is 5.76. The Morgan fingerprint density at radius 2 is 2.00 bits per heavy atom. The van der Waals surface area contributed by atoms with Gasteiger partial charge >= 0.3 is 0 Å². The predicted octanol–water partition coefficient (Wildman–Crippen LogP) is 2.39. The maximum absolute atomic E-state index is 13.8. The summed E-state index contributed by atoms with van der Waals surface area (Å²) in [6, 6.07) is 7.19. The van der Waals surface area contributed by atoms with Crippen LogP contribution in [0.1, 0.15) is 28.3 Å². The number of nitrogens with two attached hydrogens (primary N) is 1. The standard InChI is InChI=1S/C14H16FN3/c1-9-4-3-5-11(10(9)2)14(18-16)12-6-7-17-8-13(12)15/h3-8,14,18H,16H2,1-2H3. The van der Waals surface area contributed by atoms with Crippen LogP contribution in [0.5, 0.6) is 0 Å². The number of benzene rings is 1. The molecular weight excluding hydrogens is 229 g/mol. The molecule has 1 aromatic carbocycles. The van der Waals surface area contributed by atoms with Gasteiger partial charge in [0, 0.05) is 11.8 Å². The highest BCUT2D eigenvalue weighted by Crippen LogP contribution is 2.27. The minimum absolute atomic E-state index is 0.360. The lowest BCUT2D eigenvalue weighted by Gasteiger charge is -2.20. The van der Waals surface area contributed by atoms with Gasteiger partial charge in [0.25, 0.3) is 0 Å². The molecule has 2 aromatic rings. The van der Waals surface area contributed by atoms with E-state index >= 15 is 0 Å². The van der Waals surface area contributed by atoms with E-state index in [1.165, 1.54) is 6.20 Å². The minimum atomic E-state index is -0.368. The summed E-state index contributed by atoms with van der Waals surface area (Å²) in [6.07, 6.45) is 2.76. The minimum Gasteiger partial charge on any atom is -0.271 e. The first-order valence-electron chi connectivity index (χ1n) is 5.76. The molecule has 94 valence electrons. The van der Waals surface area contributed by atoms with E-state index in [4.69, 9.17) is 5.84 Å². The van der Waals surface area contributed by atoms with Gasteiger partial charge in [0.05, 0.1) is 12.2 Å². The lowest BCUT2D eigenvalue weighted by Crippen LogP contribution is -2.30. The lowest BCUT2D eigenvalue weighted by atomic mass is 9.93. The molecule has 1 aromatic heterocycles. The summed E-state index contributed by atoms with van der Waals surface area (Å²) in [4.78, 5) is 3.75. The monoisotopic (exact) mass is 245 g/mol. The molecule has 3 N–H and O–H groups in total. The van der Waals surface area contributed by atoms with Gasteiger partial charge < -0.3 is 0 Å². The third-order valence-electron chi connectivity index (χ3n) is 3.24. The summed E-state index contributed by atoms with van der Waals surface area (Å²) in [6.45, 7) is 4.03. The molecule has 0 bridgehead atoms. The topological polar surface area (TPSA) is 50.9 Å². The smallest absolute Gasteiger partial charge is 0.146 e. The molecule has 1 unspecified atom stereocenters. The van der Waals surface area contributed by atoms with Crippen molar-refractivity contribution in [2.45, 2.75) is 19.9 Å². The van der Waals surface area contributed by atoms with Gasteiger partial charge in [0.1, 0.15) is 5.82 Å². The average Bonchev–Trinajstić information content (AvgIpc) is 2.37. The van der Waals surface area contributed by atoms with Crippen LogP contribution in [0, 0.1) is 19.7 Å². The highest BCUT2D eigenvalue weighted by molar-refractivity contribution is 5.40. The summed E-state index contributed by atoms with van der Waals surface area (Å²) in [5, 5.41) is 0. The van der Waals surface area contributed by atoms with Crippen LogP contribution in [-0.2, 0) is 0 Å². The van der Waals surface area contributed by atoms with Gasteiger partial charge in [0.2, 0.25) is 0 Å². The Morgan fingerprint density at radius 3 is 2.67 bits per heavy atom. The Hall–Kier alpha value is -1.78. The third-order valence-corrected chi connectivity index (χ3v) is 3.24. The molecule has 1 atom stereocenters. The lowest BCUT2D eigenvalue weighted by molar-refractivity contribution is 0.554. The molecule has 0 radical (unpaired) electrons. The van der Waals surface area contributed by atoms with E-state index in [0.29, 0.717) is 5.56 Å². The fourth-order valence-electron chi connectivity index (χ4n) is 2.05. The molecule has 1 heterocycles. The summed E-state index contributed by atoms with van der Waals surface area (Å²) in [7, 11) is 0. The molecule has 0 amide bonds. The number of hydrogen-bond acceptors (Lipinski definition) is 3. The van der Waals surface area contributed by atoms with Crippen LogP contribution in [0.2, 0.25) is 0 Å². The molecular formula is C14H16FN3. The van der Waals surface area contributed by atoms with Crippen LogP contribution in [-0.4, -0.2) is 4.98 Å².